The summed E-state index contributed by atoms with van der Waals surface area (Å²) in [6.07, 6.45) is -1.10. The molecule has 7 nitrogen and oxygen atoms in total. The van der Waals surface area contributed by atoms with Gasteiger partial charge < -0.3 is 10.1 Å². The topological polar surface area (TPSA) is 98.5 Å². The number of nitrogens with zero attached hydrogens (tertiary/aromatic N) is 1. The number of carbonyl (C=O) groups is 2. The van der Waals surface area contributed by atoms with Gasteiger partial charge in [-0.25, -0.2) is 4.79 Å². The van der Waals surface area contributed by atoms with E-state index in [0.29, 0.717) is 5.02 Å². The molecule has 0 saturated carbocycles. The van der Waals surface area contributed by atoms with Crippen LogP contribution in [-0.4, -0.2) is 22.9 Å². The normalized spacial score (nSPS) is 11.5. The molecular weight excluding hydrogens is 371 g/mol. The maximum Gasteiger partial charge on any atom is 0.338 e. The number of amides is 1. The van der Waals surface area contributed by atoms with Gasteiger partial charge >= 0.3 is 5.97 Å². The van der Waals surface area contributed by atoms with Crippen molar-refractivity contribution in [3.63, 3.8) is 0 Å². The Morgan fingerprint density at radius 1 is 1.16 bits per heavy atom. The first-order valence-corrected chi connectivity index (χ1v) is 7.75. The van der Waals surface area contributed by atoms with Crippen LogP contribution in [0.5, 0.6) is 0 Å². The molecule has 0 bridgehead atoms. The van der Waals surface area contributed by atoms with Crippen LogP contribution in [0.4, 0.5) is 11.4 Å². The first-order valence-electron chi connectivity index (χ1n) is 6.99. The van der Waals surface area contributed by atoms with Crippen molar-refractivity contribution in [3.8, 4) is 0 Å². The molecule has 0 radical (unpaired) electrons. The summed E-state index contributed by atoms with van der Waals surface area (Å²) >= 11 is 11.6. The molecule has 2 rings (SSSR count). The fraction of sp³-hybridized carbons (Fsp3) is 0.125. The molecule has 0 spiro atoms. The van der Waals surface area contributed by atoms with Crippen molar-refractivity contribution in [1.29, 1.82) is 0 Å². The van der Waals surface area contributed by atoms with E-state index in [1.165, 1.54) is 43.3 Å². The molecule has 0 heterocycles. The summed E-state index contributed by atoms with van der Waals surface area (Å²) in [5, 5.41) is 13.6. The smallest absolute Gasteiger partial charge is 0.338 e. The zero-order valence-electron chi connectivity index (χ0n) is 12.9. The van der Waals surface area contributed by atoms with Gasteiger partial charge in [-0.15, -0.1) is 0 Å². The molecule has 1 N–H and O–H groups in total. The SMILES string of the molecule is C[C@H](OC(=O)c1ccc(Cl)cc1)C(=O)Nc1ccc([N+](=O)[O-])cc1Cl. The second-order valence-electron chi connectivity index (χ2n) is 4.96. The Labute approximate surface area is 152 Å². The van der Waals surface area contributed by atoms with Crippen LogP contribution in [0.15, 0.2) is 42.5 Å². The van der Waals surface area contributed by atoms with E-state index in [0.717, 1.165) is 6.07 Å². The van der Waals surface area contributed by atoms with Crippen molar-refractivity contribution >= 4 is 46.5 Å². The van der Waals surface area contributed by atoms with Gasteiger partial charge in [-0.2, -0.15) is 0 Å². The van der Waals surface area contributed by atoms with Crippen LogP contribution in [0.2, 0.25) is 10.0 Å². The number of benzene rings is 2. The Hall–Kier alpha value is -2.64. The van der Waals surface area contributed by atoms with Crippen LogP contribution in [-0.2, 0) is 9.53 Å². The van der Waals surface area contributed by atoms with Gasteiger partial charge in [-0.05, 0) is 37.3 Å². The predicted molar refractivity (Wildman–Crippen MR) is 93.1 cm³/mol. The molecule has 0 aromatic heterocycles. The standard InChI is InChI=1S/C16H12Cl2N2O5/c1-9(25-16(22)10-2-4-11(17)5-3-10)15(21)19-14-7-6-12(20(23)24)8-13(14)18/h2-9H,1H3,(H,19,21)/t9-/m0/s1. The molecular formula is C16H12Cl2N2O5. The number of nitrogens with one attached hydrogen (secondary N) is 1. The zero-order valence-corrected chi connectivity index (χ0v) is 14.4. The number of non-ortho nitro benzene ring substituents is 1. The van der Waals surface area contributed by atoms with Gasteiger partial charge in [0, 0.05) is 17.2 Å². The summed E-state index contributed by atoms with van der Waals surface area (Å²) in [5.41, 5.74) is 0.217. The molecule has 25 heavy (non-hydrogen) atoms. The summed E-state index contributed by atoms with van der Waals surface area (Å²) in [4.78, 5) is 34.1. The van der Waals surface area contributed by atoms with Crippen molar-refractivity contribution in [1.82, 2.24) is 0 Å². The second-order valence-corrected chi connectivity index (χ2v) is 5.81. The van der Waals surface area contributed by atoms with E-state index in [-0.39, 0.29) is 22.0 Å². The lowest BCUT2D eigenvalue weighted by Crippen LogP contribution is -2.30. The van der Waals surface area contributed by atoms with Crippen molar-refractivity contribution in [2.24, 2.45) is 0 Å². The number of nitro benzene ring substituents is 1. The van der Waals surface area contributed by atoms with Gasteiger partial charge in [0.05, 0.1) is 21.2 Å². The molecule has 1 amide bonds. The first kappa shape index (κ1) is 18.7. The Morgan fingerprint density at radius 2 is 1.80 bits per heavy atom. The number of nitro groups is 1. The lowest BCUT2D eigenvalue weighted by molar-refractivity contribution is -0.384. The van der Waals surface area contributed by atoms with Crippen LogP contribution in [0.3, 0.4) is 0 Å². The van der Waals surface area contributed by atoms with Gasteiger partial charge in [0.2, 0.25) is 0 Å². The highest BCUT2D eigenvalue weighted by atomic mass is 35.5. The van der Waals surface area contributed by atoms with E-state index in [1.807, 2.05) is 0 Å². The number of hydrogen-bond donors (Lipinski definition) is 1. The summed E-state index contributed by atoms with van der Waals surface area (Å²) < 4.78 is 5.07. The third-order valence-electron chi connectivity index (χ3n) is 3.15. The monoisotopic (exact) mass is 382 g/mol. The minimum Gasteiger partial charge on any atom is -0.449 e. The van der Waals surface area contributed by atoms with Crippen LogP contribution < -0.4 is 5.32 Å². The number of ether oxygens (including phenoxy) is 1. The van der Waals surface area contributed by atoms with Gasteiger partial charge in [-0.3, -0.25) is 14.9 Å². The molecule has 9 heteroatoms. The van der Waals surface area contributed by atoms with E-state index in [4.69, 9.17) is 27.9 Å². The van der Waals surface area contributed by atoms with Crippen molar-refractivity contribution in [2.45, 2.75) is 13.0 Å². The Morgan fingerprint density at radius 3 is 2.36 bits per heavy atom. The van der Waals surface area contributed by atoms with Crippen molar-refractivity contribution in [2.75, 3.05) is 5.32 Å². The zero-order chi connectivity index (χ0) is 18.6. The summed E-state index contributed by atoms with van der Waals surface area (Å²) in [7, 11) is 0. The molecule has 0 unspecified atom stereocenters. The number of anilines is 1. The van der Waals surface area contributed by atoms with Gasteiger partial charge in [0.25, 0.3) is 11.6 Å². The predicted octanol–water partition coefficient (Wildman–Crippen LogP) is 4.09. The highest BCUT2D eigenvalue weighted by Gasteiger charge is 2.20. The largest absolute Gasteiger partial charge is 0.449 e. The lowest BCUT2D eigenvalue weighted by atomic mass is 10.2. The minimum atomic E-state index is -1.10. The molecule has 0 saturated heterocycles. The van der Waals surface area contributed by atoms with Gasteiger partial charge in [-0.1, -0.05) is 23.2 Å². The van der Waals surface area contributed by atoms with E-state index in [2.05, 4.69) is 5.32 Å². The van der Waals surface area contributed by atoms with Crippen LogP contribution >= 0.6 is 23.2 Å². The fourth-order valence-corrected chi connectivity index (χ4v) is 2.17. The second kappa shape index (κ2) is 7.96. The summed E-state index contributed by atoms with van der Waals surface area (Å²) in [6.45, 7) is 1.39. The molecule has 0 aliphatic heterocycles. The average molecular weight is 383 g/mol. The summed E-state index contributed by atoms with van der Waals surface area (Å²) in [5.74, 6) is -1.31. The van der Waals surface area contributed by atoms with Gasteiger partial charge in [0.1, 0.15) is 0 Å². The maximum absolute atomic E-state index is 12.1. The number of halogens is 2. The molecule has 1 atom stereocenters. The third kappa shape index (κ3) is 4.91. The number of esters is 1. The highest BCUT2D eigenvalue weighted by molar-refractivity contribution is 6.34. The molecule has 0 fully saturated rings. The van der Waals surface area contributed by atoms with Crippen LogP contribution in [0, 0.1) is 10.1 Å². The number of rotatable bonds is 5. The average Bonchev–Trinajstić information content (AvgIpc) is 2.56. The number of hydrogen-bond acceptors (Lipinski definition) is 5. The van der Waals surface area contributed by atoms with E-state index < -0.39 is 22.9 Å². The molecule has 130 valence electrons. The fourth-order valence-electron chi connectivity index (χ4n) is 1.82. The Balaban J connectivity index is 2.01. The van der Waals surface area contributed by atoms with Crippen LogP contribution in [0.25, 0.3) is 0 Å². The van der Waals surface area contributed by atoms with Crippen molar-refractivity contribution < 1.29 is 19.2 Å². The molecule has 2 aromatic rings. The third-order valence-corrected chi connectivity index (χ3v) is 3.72. The quantitative estimate of drug-likeness (QED) is 0.477. The van der Waals surface area contributed by atoms with Gasteiger partial charge in [0.15, 0.2) is 6.10 Å². The Bertz CT molecular complexity index is 824. The first-order chi connectivity index (χ1) is 11.8. The maximum atomic E-state index is 12.1. The Kier molecular flexibility index (Phi) is 5.95. The van der Waals surface area contributed by atoms with E-state index in [9.17, 15) is 19.7 Å². The molecule has 2 aromatic carbocycles. The summed E-state index contributed by atoms with van der Waals surface area (Å²) in [6, 6.07) is 9.61. The molecule has 0 aliphatic carbocycles. The molecule has 0 aliphatic rings. The van der Waals surface area contributed by atoms with Crippen molar-refractivity contribution in [3.05, 3.63) is 68.2 Å². The highest BCUT2D eigenvalue weighted by Crippen LogP contribution is 2.26. The number of carbonyl (C=O) groups excluding carboxylic acids is 2. The lowest BCUT2D eigenvalue weighted by Gasteiger charge is -2.14. The van der Waals surface area contributed by atoms with Crippen LogP contribution in [0.1, 0.15) is 17.3 Å². The minimum absolute atomic E-state index is 0.00113. The van der Waals surface area contributed by atoms with E-state index >= 15 is 0 Å². The van der Waals surface area contributed by atoms with E-state index in [1.54, 1.807) is 0 Å².